The highest BCUT2D eigenvalue weighted by Gasteiger charge is 2.22. The van der Waals surface area contributed by atoms with Gasteiger partial charge in [0.2, 0.25) is 0 Å². The maximum atomic E-state index is 6.01. The number of methoxy groups -OCH3 is 1. The molecule has 1 aromatic rings. The Hall–Kier alpha value is -1.42. The molecule has 4 heteroatoms. The minimum atomic E-state index is 0.256. The van der Waals surface area contributed by atoms with Gasteiger partial charge in [-0.2, -0.15) is 0 Å². The normalized spacial score (nSPS) is 21.2. The lowest BCUT2D eigenvalue weighted by molar-refractivity contribution is 0.0997. The van der Waals surface area contributed by atoms with E-state index in [4.69, 9.17) is 15.2 Å². The first-order valence-electron chi connectivity index (χ1n) is 6.03. The molecule has 2 rings (SSSR count). The van der Waals surface area contributed by atoms with Crippen molar-refractivity contribution in [2.75, 3.05) is 24.8 Å². The van der Waals surface area contributed by atoms with E-state index in [1.54, 1.807) is 7.11 Å². The van der Waals surface area contributed by atoms with E-state index in [2.05, 4.69) is 12.2 Å². The van der Waals surface area contributed by atoms with Gasteiger partial charge >= 0.3 is 0 Å². The highest BCUT2D eigenvalue weighted by Crippen LogP contribution is 2.30. The highest BCUT2D eigenvalue weighted by atomic mass is 16.5. The molecule has 0 radical (unpaired) electrons. The van der Waals surface area contributed by atoms with Crippen LogP contribution < -0.4 is 15.8 Å². The summed E-state index contributed by atoms with van der Waals surface area (Å²) in [5.74, 6) is 0.703. The van der Waals surface area contributed by atoms with Gasteiger partial charge in [-0.05, 0) is 31.9 Å². The summed E-state index contributed by atoms with van der Waals surface area (Å²) in [6, 6.07) is 6.01. The van der Waals surface area contributed by atoms with Crippen molar-refractivity contribution in [2.24, 2.45) is 0 Å². The van der Waals surface area contributed by atoms with Crippen LogP contribution in [0.15, 0.2) is 18.2 Å². The van der Waals surface area contributed by atoms with E-state index >= 15 is 0 Å². The predicted octanol–water partition coefficient (Wildman–Crippen LogP) is 2.26. The number of hydrogen-bond donors (Lipinski definition) is 2. The topological polar surface area (TPSA) is 56.5 Å². The van der Waals surface area contributed by atoms with Crippen LogP contribution in [0.4, 0.5) is 11.4 Å². The number of ether oxygens (including phenoxy) is 2. The molecule has 0 aromatic heterocycles. The van der Waals surface area contributed by atoms with Gasteiger partial charge < -0.3 is 20.5 Å². The Kier molecular flexibility index (Phi) is 3.74. The van der Waals surface area contributed by atoms with Crippen LogP contribution in [-0.4, -0.2) is 25.9 Å². The van der Waals surface area contributed by atoms with Gasteiger partial charge in [-0.1, -0.05) is 6.07 Å². The Bertz CT molecular complexity index is 376. The molecule has 1 heterocycles. The molecule has 2 unspecified atom stereocenters. The summed E-state index contributed by atoms with van der Waals surface area (Å²) in [4.78, 5) is 0. The number of anilines is 2. The van der Waals surface area contributed by atoms with Crippen LogP contribution in [0, 0.1) is 0 Å². The minimum Gasteiger partial charge on any atom is -0.495 e. The molecule has 2 atom stereocenters. The molecule has 1 saturated heterocycles. The van der Waals surface area contributed by atoms with Crippen LogP contribution in [0.25, 0.3) is 0 Å². The lowest BCUT2D eigenvalue weighted by atomic mass is 10.1. The van der Waals surface area contributed by atoms with E-state index in [1.165, 1.54) is 0 Å². The number of rotatable bonds is 4. The lowest BCUT2D eigenvalue weighted by Gasteiger charge is -2.22. The van der Waals surface area contributed by atoms with Crippen molar-refractivity contribution in [1.82, 2.24) is 0 Å². The number of benzene rings is 1. The predicted molar refractivity (Wildman–Crippen MR) is 69.5 cm³/mol. The summed E-state index contributed by atoms with van der Waals surface area (Å²) in [6.07, 6.45) is 2.53. The molecule has 0 bridgehead atoms. The van der Waals surface area contributed by atoms with Gasteiger partial charge in [0.25, 0.3) is 0 Å². The quantitative estimate of drug-likeness (QED) is 0.787. The zero-order valence-electron chi connectivity index (χ0n) is 10.4. The van der Waals surface area contributed by atoms with E-state index in [0.717, 1.165) is 25.1 Å². The third-order valence-electron chi connectivity index (χ3n) is 3.19. The Morgan fingerprint density at radius 1 is 1.53 bits per heavy atom. The van der Waals surface area contributed by atoms with Crippen molar-refractivity contribution in [3.63, 3.8) is 0 Å². The summed E-state index contributed by atoms with van der Waals surface area (Å²) in [7, 11) is 1.62. The van der Waals surface area contributed by atoms with Crippen molar-refractivity contribution in [1.29, 1.82) is 0 Å². The molecule has 4 nitrogen and oxygen atoms in total. The third kappa shape index (κ3) is 2.64. The molecule has 17 heavy (non-hydrogen) atoms. The first-order chi connectivity index (χ1) is 8.22. The summed E-state index contributed by atoms with van der Waals surface area (Å²) in [5, 5.41) is 3.40. The standard InChI is InChI=1S/C13H20N2O2/c1-9(11-7-4-8-17-11)15-10-5-3-6-12(16-2)13(10)14/h3,5-6,9,11,15H,4,7-8,14H2,1-2H3. The molecule has 0 aliphatic carbocycles. The van der Waals surface area contributed by atoms with Crippen LogP contribution in [0.2, 0.25) is 0 Å². The van der Waals surface area contributed by atoms with Crippen LogP contribution >= 0.6 is 0 Å². The zero-order chi connectivity index (χ0) is 12.3. The van der Waals surface area contributed by atoms with Crippen LogP contribution in [0.1, 0.15) is 19.8 Å². The Morgan fingerprint density at radius 2 is 2.35 bits per heavy atom. The van der Waals surface area contributed by atoms with Crippen LogP contribution in [-0.2, 0) is 4.74 Å². The number of hydrogen-bond acceptors (Lipinski definition) is 4. The fraction of sp³-hybridized carbons (Fsp3) is 0.538. The smallest absolute Gasteiger partial charge is 0.143 e. The molecule has 0 amide bonds. The second-order valence-electron chi connectivity index (χ2n) is 4.41. The summed E-state index contributed by atoms with van der Waals surface area (Å²) < 4.78 is 10.8. The molecule has 0 saturated carbocycles. The Balaban J connectivity index is 2.07. The molecule has 1 aliphatic rings. The minimum absolute atomic E-state index is 0.256. The van der Waals surface area contributed by atoms with Gasteiger partial charge in [0.1, 0.15) is 5.75 Å². The van der Waals surface area contributed by atoms with Crippen LogP contribution in [0.5, 0.6) is 5.75 Å². The number of nitrogens with one attached hydrogen (secondary N) is 1. The second-order valence-corrected chi connectivity index (χ2v) is 4.41. The number of nitrogen functional groups attached to an aromatic ring is 1. The zero-order valence-corrected chi connectivity index (χ0v) is 10.4. The summed E-state index contributed by atoms with van der Waals surface area (Å²) in [6.45, 7) is 2.99. The van der Waals surface area contributed by atoms with E-state index in [0.29, 0.717) is 11.4 Å². The summed E-state index contributed by atoms with van der Waals surface area (Å²) >= 11 is 0. The Labute approximate surface area is 102 Å². The maximum absolute atomic E-state index is 6.01. The molecule has 1 aliphatic heterocycles. The fourth-order valence-electron chi connectivity index (χ4n) is 2.18. The van der Waals surface area contributed by atoms with Crippen molar-refractivity contribution in [3.05, 3.63) is 18.2 Å². The van der Waals surface area contributed by atoms with Gasteiger partial charge in [0, 0.05) is 12.6 Å². The molecule has 0 spiro atoms. The van der Waals surface area contributed by atoms with Gasteiger partial charge in [0.15, 0.2) is 0 Å². The summed E-state index contributed by atoms with van der Waals surface area (Å²) in [5.41, 5.74) is 7.57. The molecular formula is C13H20N2O2. The fourth-order valence-corrected chi connectivity index (χ4v) is 2.18. The number of nitrogens with two attached hydrogens (primary N) is 1. The van der Waals surface area contributed by atoms with Gasteiger partial charge in [-0.3, -0.25) is 0 Å². The van der Waals surface area contributed by atoms with E-state index < -0.39 is 0 Å². The molecule has 94 valence electrons. The van der Waals surface area contributed by atoms with Crippen molar-refractivity contribution >= 4 is 11.4 Å². The monoisotopic (exact) mass is 236 g/mol. The third-order valence-corrected chi connectivity index (χ3v) is 3.19. The van der Waals surface area contributed by atoms with E-state index in [-0.39, 0.29) is 12.1 Å². The molecule has 3 N–H and O–H groups in total. The second kappa shape index (κ2) is 5.27. The van der Waals surface area contributed by atoms with Gasteiger partial charge in [-0.15, -0.1) is 0 Å². The average molecular weight is 236 g/mol. The first kappa shape index (κ1) is 12.0. The van der Waals surface area contributed by atoms with Crippen LogP contribution in [0.3, 0.4) is 0 Å². The van der Waals surface area contributed by atoms with Crippen molar-refractivity contribution in [3.8, 4) is 5.75 Å². The molecule has 1 fully saturated rings. The van der Waals surface area contributed by atoms with Crippen molar-refractivity contribution < 1.29 is 9.47 Å². The Morgan fingerprint density at radius 3 is 3.00 bits per heavy atom. The molecule has 1 aromatic carbocycles. The van der Waals surface area contributed by atoms with Gasteiger partial charge in [-0.25, -0.2) is 0 Å². The maximum Gasteiger partial charge on any atom is 0.143 e. The SMILES string of the molecule is COc1cccc(NC(C)C2CCCO2)c1N. The number of para-hydroxylation sites is 1. The molecular weight excluding hydrogens is 216 g/mol. The lowest BCUT2D eigenvalue weighted by Crippen LogP contribution is -2.30. The van der Waals surface area contributed by atoms with Crippen molar-refractivity contribution in [2.45, 2.75) is 31.9 Å². The average Bonchev–Trinajstić information content (AvgIpc) is 2.85. The highest BCUT2D eigenvalue weighted by molar-refractivity contribution is 5.73. The largest absolute Gasteiger partial charge is 0.495 e. The van der Waals surface area contributed by atoms with Gasteiger partial charge in [0.05, 0.1) is 24.6 Å². The first-order valence-corrected chi connectivity index (χ1v) is 6.03. The van der Waals surface area contributed by atoms with E-state index in [1.807, 2.05) is 18.2 Å². The van der Waals surface area contributed by atoms with E-state index in [9.17, 15) is 0 Å².